The summed E-state index contributed by atoms with van der Waals surface area (Å²) < 4.78 is 21.9. The van der Waals surface area contributed by atoms with E-state index in [0.717, 1.165) is 19.3 Å². The smallest absolute Gasteiger partial charge is 0.478 e. The molecule has 0 aliphatic rings. The molecule has 0 radical (unpaired) electrons. The maximum Gasteiger partial charge on any atom is 0.906 e. The van der Waals surface area contributed by atoms with Crippen LogP contribution < -0.4 is 0 Å². The number of esters is 1. The van der Waals surface area contributed by atoms with Gasteiger partial charge in [-0.2, -0.15) is 0 Å². The van der Waals surface area contributed by atoms with Gasteiger partial charge < -0.3 is 21.2 Å². The van der Waals surface area contributed by atoms with Crippen LogP contribution in [0.15, 0.2) is 24.3 Å². The van der Waals surface area contributed by atoms with Crippen molar-refractivity contribution in [1.82, 2.24) is 0 Å². The number of carboxylic acids is 1. The molecule has 218 valence electrons. The molecule has 1 aromatic rings. The molecule has 1 N–H and O–H groups in total. The summed E-state index contributed by atoms with van der Waals surface area (Å²) in [5.41, 5.74) is 0.115. The van der Waals surface area contributed by atoms with E-state index in [1.54, 1.807) is 12.1 Å². The second-order valence-corrected chi connectivity index (χ2v) is 11.8. The van der Waals surface area contributed by atoms with E-state index < -0.39 is 27.1 Å². The summed E-state index contributed by atoms with van der Waals surface area (Å²) >= 11 is -1.91. The van der Waals surface area contributed by atoms with Gasteiger partial charge in [-0.15, -0.1) is 0 Å². The Hall–Kier alpha value is -1.43. The van der Waals surface area contributed by atoms with Gasteiger partial charge in [-0.25, -0.2) is 9.59 Å². The van der Waals surface area contributed by atoms with Gasteiger partial charge in [0.05, 0.1) is 17.7 Å². The normalized spacial score (nSPS) is 11.0. The zero-order valence-corrected chi connectivity index (χ0v) is 26.2. The Morgan fingerprint density at radius 1 is 0.684 bits per heavy atom. The van der Waals surface area contributed by atoms with Crippen molar-refractivity contribution in [1.29, 1.82) is 0 Å². The van der Waals surface area contributed by atoms with Gasteiger partial charge in [-0.3, -0.25) is 0 Å². The van der Waals surface area contributed by atoms with Crippen LogP contribution in [0.2, 0.25) is 0 Å². The van der Waals surface area contributed by atoms with Crippen molar-refractivity contribution in [2.75, 3.05) is 6.61 Å². The molecule has 0 fully saturated rings. The fourth-order valence-corrected chi connectivity index (χ4v) is 5.15. The van der Waals surface area contributed by atoms with Crippen molar-refractivity contribution in [2.45, 2.75) is 137 Å². The summed E-state index contributed by atoms with van der Waals surface area (Å²) in [6, 6.07) is 6.16. The van der Waals surface area contributed by atoms with E-state index in [1.807, 2.05) is 41.5 Å². The molecule has 0 atom stereocenters. The number of rotatable bonds is 20. The highest BCUT2D eigenvalue weighted by Gasteiger charge is 2.34. The molecule has 0 bridgehead atoms. The molecule has 0 spiro atoms. The van der Waals surface area contributed by atoms with Gasteiger partial charge in [0.15, 0.2) is 0 Å². The highest BCUT2D eigenvalue weighted by Crippen LogP contribution is 2.13. The lowest BCUT2D eigenvalue weighted by atomic mass is 10.1. The second kappa shape index (κ2) is 23.5. The summed E-state index contributed by atoms with van der Waals surface area (Å²) in [5, 5.41) is 9.08. The Morgan fingerprint density at radius 2 is 1.08 bits per heavy atom. The van der Waals surface area contributed by atoms with E-state index in [4.69, 9.17) is 21.2 Å². The standard InChI is InChI=1S/C21H32O4.3C3H7O.Al/c1-2-3-4-5-6-7-8-9-10-11-14-17-25-21(24)19-16-13-12-15-18(19)20(22)23;3*1-3(2)4;/h12-13,15-16H,2-11,14,17H2,1H3,(H,22,23);3*3H,1-2H3;/q;3*-1;+3. The maximum atomic E-state index is 12.0. The van der Waals surface area contributed by atoms with Gasteiger partial charge in [-0.05, 0) is 60.1 Å². The molecule has 0 aromatic heterocycles. The third kappa shape index (κ3) is 20.5. The van der Waals surface area contributed by atoms with E-state index in [2.05, 4.69) is 6.92 Å². The van der Waals surface area contributed by atoms with Crippen LogP contribution in [-0.2, 0) is 16.1 Å². The van der Waals surface area contributed by atoms with Crippen LogP contribution in [0.3, 0.4) is 0 Å². The largest absolute Gasteiger partial charge is 0.906 e. The van der Waals surface area contributed by atoms with Gasteiger partial charge in [-0.1, -0.05) is 83.3 Å². The summed E-state index contributed by atoms with van der Waals surface area (Å²) in [5.74, 6) is -1.66. The van der Waals surface area contributed by atoms with E-state index >= 15 is 0 Å². The Morgan fingerprint density at radius 3 is 1.47 bits per heavy atom. The molecule has 8 heteroatoms. The van der Waals surface area contributed by atoms with Gasteiger partial charge in [0.2, 0.25) is 0 Å². The van der Waals surface area contributed by atoms with Crippen molar-refractivity contribution in [2.24, 2.45) is 0 Å². The first kappa shape index (κ1) is 36.6. The highest BCUT2D eigenvalue weighted by molar-refractivity contribution is 6.36. The van der Waals surface area contributed by atoms with Crippen molar-refractivity contribution in [3.05, 3.63) is 35.4 Å². The third-order valence-electron chi connectivity index (χ3n) is 5.51. The number of benzene rings is 1. The molecule has 1 rings (SSSR count). The molecule has 0 saturated carbocycles. The van der Waals surface area contributed by atoms with E-state index in [1.165, 1.54) is 63.5 Å². The molecular weight excluding hydrogens is 499 g/mol. The highest BCUT2D eigenvalue weighted by atomic mass is 27.3. The molecule has 0 saturated heterocycles. The van der Waals surface area contributed by atoms with Crippen LogP contribution >= 0.6 is 0 Å². The average Bonchev–Trinajstić information content (AvgIpc) is 2.83. The monoisotopic (exact) mass is 552 g/mol. The first-order valence-corrected chi connectivity index (χ1v) is 16.0. The summed E-state index contributed by atoms with van der Waals surface area (Å²) in [6.45, 7) is 14.5. The molecule has 0 aliphatic heterocycles. The molecular formula is C30H53AlO7. The Kier molecular flexibility index (Phi) is 22.6. The number of hydrogen-bond donors (Lipinski definition) is 1. The number of carbonyl (C=O) groups excluding carboxylic acids is 1. The van der Waals surface area contributed by atoms with Crippen LogP contribution in [0.5, 0.6) is 0 Å². The lowest BCUT2D eigenvalue weighted by Crippen LogP contribution is -2.34. The first-order chi connectivity index (χ1) is 18.1. The molecule has 38 heavy (non-hydrogen) atoms. The van der Waals surface area contributed by atoms with E-state index in [9.17, 15) is 9.59 Å². The number of ether oxygens (including phenoxy) is 1. The Labute approximate surface area is 237 Å². The molecule has 1 aromatic carbocycles. The fraction of sp³-hybridized carbons (Fsp3) is 0.733. The Bertz CT molecular complexity index is 713. The molecule has 0 unspecified atom stereocenters. The minimum Gasteiger partial charge on any atom is -0.478 e. The summed E-state index contributed by atoms with van der Waals surface area (Å²) in [7, 11) is 0. The number of carboxylic acid groups (broad SMARTS) is 1. The minimum atomic E-state index is -1.91. The van der Waals surface area contributed by atoms with Crippen LogP contribution in [-0.4, -0.2) is 57.1 Å². The van der Waals surface area contributed by atoms with Crippen LogP contribution in [0.4, 0.5) is 0 Å². The number of aromatic carboxylic acids is 1. The van der Waals surface area contributed by atoms with Crippen molar-refractivity contribution < 1.29 is 30.8 Å². The van der Waals surface area contributed by atoms with Crippen LogP contribution in [0.1, 0.15) is 140 Å². The number of unbranched alkanes of at least 4 members (excludes halogenated alkanes) is 10. The van der Waals surface area contributed by atoms with E-state index in [-0.39, 0.29) is 29.4 Å². The summed E-state index contributed by atoms with van der Waals surface area (Å²) in [4.78, 5) is 23.1. The Balaban J connectivity index is 0.000000889. The van der Waals surface area contributed by atoms with Gasteiger partial charge in [0.25, 0.3) is 0 Å². The van der Waals surface area contributed by atoms with Crippen molar-refractivity contribution in [3.63, 3.8) is 0 Å². The van der Waals surface area contributed by atoms with Crippen LogP contribution in [0.25, 0.3) is 0 Å². The van der Waals surface area contributed by atoms with Gasteiger partial charge in [0.1, 0.15) is 0 Å². The molecule has 0 heterocycles. The zero-order chi connectivity index (χ0) is 28.8. The first-order valence-electron chi connectivity index (χ1n) is 14.5. The zero-order valence-electron chi connectivity index (χ0n) is 25.0. The third-order valence-corrected chi connectivity index (χ3v) is 7.81. The number of hydrogen-bond acceptors (Lipinski definition) is 6. The maximum absolute atomic E-state index is 12.0. The predicted molar refractivity (Wildman–Crippen MR) is 155 cm³/mol. The lowest BCUT2D eigenvalue weighted by Gasteiger charge is -2.19. The van der Waals surface area contributed by atoms with Crippen molar-refractivity contribution >= 4 is 27.1 Å². The quantitative estimate of drug-likeness (QED) is 0.0992. The molecule has 0 amide bonds. The minimum absolute atomic E-state index is 0.00793. The second-order valence-electron chi connectivity index (χ2n) is 10.4. The van der Waals surface area contributed by atoms with Gasteiger partial charge >= 0.3 is 27.1 Å². The SMILES string of the molecule is CC(C)[O][Al]([O]C(C)C)[O]C(C)C.CCCCCCCCCCCCCOC(=O)c1ccccc1C(=O)O. The lowest BCUT2D eigenvalue weighted by molar-refractivity contribution is 0.0334. The molecule has 0 aliphatic carbocycles. The predicted octanol–water partition coefficient (Wildman–Crippen LogP) is 8.10. The van der Waals surface area contributed by atoms with Crippen LogP contribution in [0, 0.1) is 0 Å². The number of carbonyl (C=O) groups is 2. The average molecular weight is 553 g/mol. The topological polar surface area (TPSA) is 91.3 Å². The molecule has 7 nitrogen and oxygen atoms in total. The summed E-state index contributed by atoms with van der Waals surface area (Å²) in [6.07, 6.45) is 14.2. The fourth-order valence-electron chi connectivity index (χ4n) is 3.62. The van der Waals surface area contributed by atoms with E-state index in [0.29, 0.717) is 6.61 Å². The van der Waals surface area contributed by atoms with Gasteiger partial charge in [0, 0.05) is 18.3 Å². The van der Waals surface area contributed by atoms with Crippen molar-refractivity contribution in [3.8, 4) is 0 Å².